The predicted octanol–water partition coefficient (Wildman–Crippen LogP) is 18.3. The van der Waals surface area contributed by atoms with Gasteiger partial charge < -0.3 is 40.3 Å². The molecule has 6 N–H and O–H groups in total. The summed E-state index contributed by atoms with van der Waals surface area (Å²) in [5.74, 6) is -0.181. The van der Waals surface area contributed by atoms with Crippen LogP contribution in [0.5, 0.6) is 0 Å². The summed E-state index contributed by atoms with van der Waals surface area (Å²) >= 11 is 0. The van der Waals surface area contributed by atoms with Crippen molar-refractivity contribution in [3.8, 4) is 0 Å². The van der Waals surface area contributed by atoms with Crippen molar-refractivity contribution in [3.63, 3.8) is 0 Å². The Labute approximate surface area is 482 Å². The lowest BCUT2D eigenvalue weighted by Gasteiger charge is -2.40. The van der Waals surface area contributed by atoms with Crippen LogP contribution in [-0.4, -0.2) is 87.5 Å². The molecule has 1 rings (SSSR count). The Balaban J connectivity index is 2.15. The summed E-state index contributed by atoms with van der Waals surface area (Å²) in [6, 6.07) is -0.822. The van der Waals surface area contributed by atoms with E-state index in [-0.39, 0.29) is 12.5 Å². The number of hydrogen-bond donors (Lipinski definition) is 6. The molecular formula is C69H131NO8. The number of amides is 1. The SMILES string of the molecule is CCCCCCCCCCCCCC/C=C\CCCCCCCCCCCCCCCCCC(=O)NC(COC1OC(CO)C(O)C(O)C1O)C(O)/C=C/CC/C=C/CCCCCCCCCCCCCCCCCCCC. The lowest BCUT2D eigenvalue weighted by atomic mass is 9.99. The van der Waals surface area contributed by atoms with Crippen LogP contribution in [0.4, 0.5) is 0 Å². The third-order valence-electron chi connectivity index (χ3n) is 16.4. The number of unbranched alkanes of at least 4 members (excludes halogenated alkanes) is 46. The van der Waals surface area contributed by atoms with Crippen molar-refractivity contribution < 1.29 is 39.8 Å². The number of hydrogen-bond acceptors (Lipinski definition) is 8. The maximum absolute atomic E-state index is 13.1. The molecule has 0 bridgehead atoms. The molecule has 7 unspecified atom stereocenters. The summed E-state index contributed by atoms with van der Waals surface area (Å²) in [7, 11) is 0. The van der Waals surface area contributed by atoms with Gasteiger partial charge in [0.2, 0.25) is 5.91 Å². The second-order valence-electron chi connectivity index (χ2n) is 24.0. The van der Waals surface area contributed by atoms with Crippen LogP contribution in [0, 0.1) is 0 Å². The standard InChI is InChI=1S/C69H131NO8/c1-3-5-7-9-11-13-15-17-19-21-23-25-27-29-30-31-32-33-34-35-37-39-41-43-45-47-49-51-53-55-57-59-65(73)70-62(61-77-69-68(76)67(75)66(74)64(60-71)78-69)63(72)58-56-54-52-50-48-46-44-42-40-38-36-28-26-24-22-20-18-16-14-12-10-8-6-4-2/h29-30,48,50,56,58,62-64,66-69,71-72,74-76H,3-28,31-47,49,51-55,57,59-61H2,1-2H3,(H,70,73)/b30-29-,50-48+,58-56+. The van der Waals surface area contributed by atoms with Crippen molar-refractivity contribution >= 4 is 5.91 Å². The molecule has 1 saturated heterocycles. The van der Waals surface area contributed by atoms with Gasteiger partial charge in [0.25, 0.3) is 0 Å². The van der Waals surface area contributed by atoms with Crippen LogP contribution in [0.15, 0.2) is 36.5 Å². The number of carbonyl (C=O) groups is 1. The van der Waals surface area contributed by atoms with Gasteiger partial charge in [0.1, 0.15) is 24.4 Å². The summed E-state index contributed by atoms with van der Waals surface area (Å²) in [6.07, 6.45) is 71.1. The van der Waals surface area contributed by atoms with E-state index in [0.717, 1.165) is 38.5 Å². The fourth-order valence-electron chi connectivity index (χ4n) is 11.1. The highest BCUT2D eigenvalue weighted by Gasteiger charge is 2.44. The third-order valence-corrected chi connectivity index (χ3v) is 16.4. The molecule has 460 valence electrons. The number of rotatable bonds is 60. The first kappa shape index (κ1) is 74.4. The van der Waals surface area contributed by atoms with E-state index in [1.54, 1.807) is 6.08 Å². The number of ether oxygens (including phenoxy) is 2. The molecule has 1 aliphatic heterocycles. The van der Waals surface area contributed by atoms with Crippen molar-refractivity contribution in [1.29, 1.82) is 0 Å². The zero-order valence-corrected chi connectivity index (χ0v) is 51.4. The summed E-state index contributed by atoms with van der Waals surface area (Å²) in [5, 5.41) is 54.7. The molecule has 78 heavy (non-hydrogen) atoms. The molecule has 0 spiro atoms. The van der Waals surface area contributed by atoms with Gasteiger partial charge in [-0.2, -0.15) is 0 Å². The highest BCUT2D eigenvalue weighted by molar-refractivity contribution is 5.76. The lowest BCUT2D eigenvalue weighted by Crippen LogP contribution is -2.60. The summed E-state index contributed by atoms with van der Waals surface area (Å²) in [4.78, 5) is 13.1. The molecule has 0 radical (unpaired) electrons. The first-order chi connectivity index (χ1) is 38.3. The van der Waals surface area contributed by atoms with Gasteiger partial charge in [-0.05, 0) is 57.8 Å². The van der Waals surface area contributed by atoms with Crippen molar-refractivity contribution in [1.82, 2.24) is 5.32 Å². The molecular weight excluding hydrogens is 971 g/mol. The third kappa shape index (κ3) is 47.0. The Kier molecular flexibility index (Phi) is 55.9. The molecule has 1 aliphatic rings. The van der Waals surface area contributed by atoms with E-state index in [0.29, 0.717) is 6.42 Å². The molecule has 9 heteroatoms. The Morgan fingerprint density at radius 2 is 0.731 bits per heavy atom. The van der Waals surface area contributed by atoms with Crippen molar-refractivity contribution in [2.24, 2.45) is 0 Å². The predicted molar refractivity (Wildman–Crippen MR) is 332 cm³/mol. The Hall–Kier alpha value is -1.59. The number of aliphatic hydroxyl groups excluding tert-OH is 5. The minimum atomic E-state index is -1.57. The number of carbonyl (C=O) groups excluding carboxylic acids is 1. The van der Waals surface area contributed by atoms with E-state index in [1.807, 2.05) is 6.08 Å². The molecule has 9 nitrogen and oxygen atoms in total. The topological polar surface area (TPSA) is 149 Å². The van der Waals surface area contributed by atoms with Crippen LogP contribution >= 0.6 is 0 Å². The Morgan fingerprint density at radius 3 is 1.08 bits per heavy atom. The average molecular weight is 1100 g/mol. The van der Waals surface area contributed by atoms with Crippen LogP contribution in [0.2, 0.25) is 0 Å². The average Bonchev–Trinajstić information content (AvgIpc) is 3.45. The normalized spacial score (nSPS) is 18.8. The molecule has 0 saturated carbocycles. The number of allylic oxidation sites excluding steroid dienone is 5. The van der Waals surface area contributed by atoms with Gasteiger partial charge in [0.05, 0.1) is 25.4 Å². The molecule has 0 aromatic carbocycles. The van der Waals surface area contributed by atoms with Gasteiger partial charge in [-0.15, -0.1) is 0 Å². The van der Waals surface area contributed by atoms with Gasteiger partial charge in [-0.3, -0.25) is 4.79 Å². The molecule has 0 aliphatic carbocycles. The highest BCUT2D eigenvalue weighted by atomic mass is 16.7. The fourth-order valence-corrected chi connectivity index (χ4v) is 11.1. The lowest BCUT2D eigenvalue weighted by molar-refractivity contribution is -0.302. The van der Waals surface area contributed by atoms with Crippen molar-refractivity contribution in [2.45, 2.75) is 384 Å². The first-order valence-corrected chi connectivity index (χ1v) is 34.2. The van der Waals surface area contributed by atoms with Crippen molar-refractivity contribution in [3.05, 3.63) is 36.5 Å². The van der Waals surface area contributed by atoms with Gasteiger partial charge in [0, 0.05) is 6.42 Å². The van der Waals surface area contributed by atoms with E-state index in [2.05, 4.69) is 43.5 Å². The second kappa shape index (κ2) is 58.6. The molecule has 7 atom stereocenters. The van der Waals surface area contributed by atoms with Crippen LogP contribution in [0.1, 0.15) is 341 Å². The minimum absolute atomic E-state index is 0.181. The number of aliphatic hydroxyl groups is 5. The van der Waals surface area contributed by atoms with Crippen LogP contribution in [0.3, 0.4) is 0 Å². The maximum atomic E-state index is 13.1. The minimum Gasteiger partial charge on any atom is -0.394 e. The van der Waals surface area contributed by atoms with E-state index in [9.17, 15) is 30.3 Å². The van der Waals surface area contributed by atoms with Gasteiger partial charge >= 0.3 is 0 Å². The Bertz CT molecular complexity index is 1320. The molecule has 0 aromatic rings. The van der Waals surface area contributed by atoms with E-state index < -0.39 is 49.5 Å². The fraction of sp³-hybridized carbons (Fsp3) is 0.899. The monoisotopic (exact) mass is 1100 g/mol. The van der Waals surface area contributed by atoms with E-state index >= 15 is 0 Å². The number of nitrogens with one attached hydrogen (secondary N) is 1. The largest absolute Gasteiger partial charge is 0.394 e. The molecule has 1 fully saturated rings. The van der Waals surface area contributed by atoms with Gasteiger partial charge in [-0.25, -0.2) is 0 Å². The summed E-state index contributed by atoms with van der Waals surface area (Å²) < 4.78 is 11.3. The van der Waals surface area contributed by atoms with Crippen molar-refractivity contribution in [2.75, 3.05) is 13.2 Å². The second-order valence-corrected chi connectivity index (χ2v) is 24.0. The van der Waals surface area contributed by atoms with Gasteiger partial charge in [-0.1, -0.05) is 314 Å². The molecule has 1 heterocycles. The highest BCUT2D eigenvalue weighted by Crippen LogP contribution is 2.23. The zero-order chi connectivity index (χ0) is 56.5. The zero-order valence-electron chi connectivity index (χ0n) is 51.4. The summed E-state index contributed by atoms with van der Waals surface area (Å²) in [6.45, 7) is 3.82. The quantitative estimate of drug-likeness (QED) is 0.0261. The van der Waals surface area contributed by atoms with Crippen LogP contribution in [-0.2, 0) is 14.3 Å². The first-order valence-electron chi connectivity index (χ1n) is 34.2. The maximum Gasteiger partial charge on any atom is 0.220 e. The summed E-state index contributed by atoms with van der Waals surface area (Å²) in [5.41, 5.74) is 0. The van der Waals surface area contributed by atoms with Crippen LogP contribution in [0.25, 0.3) is 0 Å². The van der Waals surface area contributed by atoms with E-state index in [1.165, 1.54) is 283 Å². The van der Waals surface area contributed by atoms with E-state index in [4.69, 9.17) is 9.47 Å². The molecule has 0 aromatic heterocycles. The molecule has 1 amide bonds. The van der Waals surface area contributed by atoms with Crippen LogP contribution < -0.4 is 5.32 Å². The van der Waals surface area contributed by atoms with Gasteiger partial charge in [0.15, 0.2) is 6.29 Å². The Morgan fingerprint density at radius 1 is 0.423 bits per heavy atom. The smallest absolute Gasteiger partial charge is 0.220 e.